The summed E-state index contributed by atoms with van der Waals surface area (Å²) < 4.78 is 66.7. The fraction of sp³-hybridized carbons (Fsp3) is 0.188. The molecule has 0 spiro atoms. The number of ether oxygens (including phenoxy) is 1. The first-order chi connectivity index (χ1) is 11.8. The van der Waals surface area contributed by atoms with E-state index in [2.05, 4.69) is 15.6 Å². The average Bonchev–Trinajstić information content (AvgIpc) is 2.54. The average molecular weight is 360 g/mol. The second kappa shape index (κ2) is 7.82. The van der Waals surface area contributed by atoms with Gasteiger partial charge in [0.1, 0.15) is 5.75 Å². The van der Waals surface area contributed by atoms with Crippen molar-refractivity contribution in [3.63, 3.8) is 0 Å². The number of hydrogen-bond donors (Lipinski definition) is 2. The van der Waals surface area contributed by atoms with E-state index in [0.717, 1.165) is 6.07 Å². The first-order valence-electron chi connectivity index (χ1n) is 7.00. The normalized spacial score (nSPS) is 11.3. The van der Waals surface area contributed by atoms with Gasteiger partial charge in [-0.2, -0.15) is 22.0 Å². The van der Waals surface area contributed by atoms with Crippen LogP contribution in [-0.2, 0) is 17.4 Å². The third-order valence-corrected chi connectivity index (χ3v) is 3.08. The summed E-state index contributed by atoms with van der Waals surface area (Å²) in [6.07, 6.45) is -4.72. The molecule has 0 bridgehead atoms. The molecule has 1 amide bonds. The lowest BCUT2D eigenvalue weighted by atomic mass is 10.1. The number of carbonyl (C=O) groups excluding carboxylic acids is 1. The van der Waals surface area contributed by atoms with Crippen molar-refractivity contribution in [3.8, 4) is 5.75 Å². The Labute approximate surface area is 139 Å². The van der Waals surface area contributed by atoms with Gasteiger partial charge in [0.25, 0.3) is 0 Å². The van der Waals surface area contributed by atoms with Crippen molar-refractivity contribution in [1.82, 2.24) is 5.43 Å². The highest BCUT2D eigenvalue weighted by molar-refractivity contribution is 5.80. The maximum atomic E-state index is 12.8. The Balaban J connectivity index is 1.93. The van der Waals surface area contributed by atoms with Gasteiger partial charge in [-0.15, -0.1) is 0 Å². The lowest BCUT2D eigenvalue weighted by molar-refractivity contribution is -0.137. The highest BCUT2D eigenvalue weighted by atomic mass is 19.4. The van der Waals surface area contributed by atoms with Crippen LogP contribution in [0.4, 0.5) is 27.6 Å². The van der Waals surface area contributed by atoms with Gasteiger partial charge >= 0.3 is 12.8 Å². The van der Waals surface area contributed by atoms with E-state index in [1.807, 2.05) is 0 Å². The monoisotopic (exact) mass is 360 g/mol. The predicted molar refractivity (Wildman–Crippen MR) is 80.0 cm³/mol. The topological polar surface area (TPSA) is 50.4 Å². The second-order valence-electron chi connectivity index (χ2n) is 4.92. The van der Waals surface area contributed by atoms with Gasteiger partial charge in [-0.1, -0.05) is 24.3 Å². The minimum absolute atomic E-state index is 0.0589. The molecule has 0 unspecified atom stereocenters. The Kier molecular flexibility index (Phi) is 5.79. The van der Waals surface area contributed by atoms with Crippen molar-refractivity contribution in [2.24, 2.45) is 0 Å². The van der Waals surface area contributed by atoms with Crippen LogP contribution in [0.25, 0.3) is 0 Å². The molecule has 0 aromatic heterocycles. The molecule has 0 heterocycles. The molecule has 25 heavy (non-hydrogen) atoms. The van der Waals surface area contributed by atoms with Crippen LogP contribution in [0.3, 0.4) is 0 Å². The van der Waals surface area contributed by atoms with Crippen LogP contribution in [0.15, 0.2) is 48.5 Å². The third kappa shape index (κ3) is 5.63. The zero-order valence-corrected chi connectivity index (χ0v) is 12.6. The summed E-state index contributed by atoms with van der Waals surface area (Å²) in [4.78, 5) is 11.8. The maximum Gasteiger partial charge on any atom is 0.418 e. The standard InChI is InChI=1S/C16H13F5N2O2/c17-15(18)25-11-7-5-10(6-8-11)9-14(24)23-22-13-4-2-1-3-12(13)16(19,20)21/h1-8,15,22H,9H2,(H,23,24). The highest BCUT2D eigenvalue weighted by Crippen LogP contribution is 2.34. The molecule has 2 aromatic carbocycles. The number of nitrogens with one attached hydrogen (secondary N) is 2. The van der Waals surface area contributed by atoms with E-state index in [4.69, 9.17) is 0 Å². The quantitative estimate of drug-likeness (QED) is 0.605. The number of rotatable bonds is 6. The predicted octanol–water partition coefficient (Wildman–Crippen LogP) is 3.99. The molecule has 0 radical (unpaired) electrons. The van der Waals surface area contributed by atoms with Crippen LogP contribution in [-0.4, -0.2) is 12.5 Å². The minimum atomic E-state index is -4.56. The zero-order chi connectivity index (χ0) is 18.4. The van der Waals surface area contributed by atoms with Gasteiger partial charge in [-0.05, 0) is 29.8 Å². The minimum Gasteiger partial charge on any atom is -0.435 e. The van der Waals surface area contributed by atoms with E-state index in [9.17, 15) is 26.7 Å². The number of anilines is 1. The number of halogens is 5. The number of carbonyl (C=O) groups is 1. The Hall–Kier alpha value is -2.84. The largest absolute Gasteiger partial charge is 0.435 e. The van der Waals surface area contributed by atoms with Crippen LogP contribution >= 0.6 is 0 Å². The van der Waals surface area contributed by atoms with Crippen molar-refractivity contribution < 1.29 is 31.5 Å². The summed E-state index contributed by atoms with van der Waals surface area (Å²) in [7, 11) is 0. The fourth-order valence-electron chi connectivity index (χ4n) is 1.99. The summed E-state index contributed by atoms with van der Waals surface area (Å²) >= 11 is 0. The summed E-state index contributed by atoms with van der Waals surface area (Å²) in [5.74, 6) is -0.657. The molecular weight excluding hydrogens is 347 g/mol. The van der Waals surface area contributed by atoms with Crippen molar-refractivity contribution in [2.75, 3.05) is 5.43 Å². The lowest BCUT2D eigenvalue weighted by Gasteiger charge is -2.15. The van der Waals surface area contributed by atoms with E-state index in [1.54, 1.807) is 0 Å². The lowest BCUT2D eigenvalue weighted by Crippen LogP contribution is -2.31. The molecule has 0 atom stereocenters. The molecule has 2 aromatic rings. The summed E-state index contributed by atoms with van der Waals surface area (Å²) in [6, 6.07) is 10.0. The van der Waals surface area contributed by atoms with Crippen LogP contribution < -0.4 is 15.6 Å². The number of para-hydroxylation sites is 1. The summed E-state index contributed by atoms with van der Waals surface area (Å²) in [6.45, 7) is -2.95. The van der Waals surface area contributed by atoms with Gasteiger partial charge in [0.15, 0.2) is 0 Å². The highest BCUT2D eigenvalue weighted by Gasteiger charge is 2.33. The fourth-order valence-corrected chi connectivity index (χ4v) is 1.99. The van der Waals surface area contributed by atoms with Gasteiger partial charge in [0, 0.05) is 0 Å². The van der Waals surface area contributed by atoms with Gasteiger partial charge in [0.2, 0.25) is 5.91 Å². The molecule has 2 N–H and O–H groups in total. The van der Waals surface area contributed by atoms with Gasteiger partial charge in [-0.3, -0.25) is 15.6 Å². The number of amides is 1. The van der Waals surface area contributed by atoms with Gasteiger partial charge in [-0.25, -0.2) is 0 Å². The summed E-state index contributed by atoms with van der Waals surface area (Å²) in [5, 5.41) is 0. The number of benzene rings is 2. The molecule has 0 aliphatic carbocycles. The molecule has 0 aliphatic rings. The molecule has 2 rings (SSSR count). The molecule has 0 saturated carbocycles. The first-order valence-corrected chi connectivity index (χ1v) is 7.00. The number of alkyl halides is 5. The SMILES string of the molecule is O=C(Cc1ccc(OC(F)F)cc1)NNc1ccccc1C(F)(F)F. The first kappa shape index (κ1) is 18.5. The van der Waals surface area contributed by atoms with Crippen LogP contribution in [0.1, 0.15) is 11.1 Å². The van der Waals surface area contributed by atoms with Crippen LogP contribution in [0.5, 0.6) is 5.75 Å². The number of hydrazine groups is 1. The second-order valence-corrected chi connectivity index (χ2v) is 4.92. The summed E-state index contributed by atoms with van der Waals surface area (Å²) in [5.41, 5.74) is 3.68. The molecule has 0 fully saturated rings. The molecule has 134 valence electrons. The molecular formula is C16H13F5N2O2. The van der Waals surface area contributed by atoms with E-state index in [-0.39, 0.29) is 17.9 Å². The third-order valence-electron chi connectivity index (χ3n) is 3.08. The molecule has 9 heteroatoms. The van der Waals surface area contributed by atoms with Crippen molar-refractivity contribution in [2.45, 2.75) is 19.2 Å². The molecule has 0 aliphatic heterocycles. The van der Waals surface area contributed by atoms with Gasteiger partial charge < -0.3 is 4.74 Å². The van der Waals surface area contributed by atoms with Gasteiger partial charge in [0.05, 0.1) is 17.7 Å². The van der Waals surface area contributed by atoms with Crippen molar-refractivity contribution >= 4 is 11.6 Å². The van der Waals surface area contributed by atoms with E-state index >= 15 is 0 Å². The Morgan fingerprint density at radius 1 is 1.04 bits per heavy atom. The van der Waals surface area contributed by atoms with Crippen LogP contribution in [0, 0.1) is 0 Å². The Bertz CT molecular complexity index is 717. The smallest absolute Gasteiger partial charge is 0.418 e. The number of hydrogen-bond acceptors (Lipinski definition) is 3. The van der Waals surface area contributed by atoms with E-state index < -0.39 is 24.3 Å². The molecule has 0 saturated heterocycles. The maximum absolute atomic E-state index is 12.8. The Morgan fingerprint density at radius 2 is 1.68 bits per heavy atom. The zero-order valence-electron chi connectivity index (χ0n) is 12.6. The van der Waals surface area contributed by atoms with E-state index in [1.165, 1.54) is 42.5 Å². The molecule has 4 nitrogen and oxygen atoms in total. The van der Waals surface area contributed by atoms with Crippen LogP contribution in [0.2, 0.25) is 0 Å². The van der Waals surface area contributed by atoms with E-state index in [0.29, 0.717) is 5.56 Å². The Morgan fingerprint density at radius 3 is 2.28 bits per heavy atom. The van der Waals surface area contributed by atoms with Crippen molar-refractivity contribution in [1.29, 1.82) is 0 Å². The van der Waals surface area contributed by atoms with Crippen molar-refractivity contribution in [3.05, 3.63) is 59.7 Å².